The van der Waals surface area contributed by atoms with Crippen LogP contribution in [0.4, 0.5) is 4.79 Å². The second-order valence-corrected chi connectivity index (χ2v) is 6.77. The van der Waals surface area contributed by atoms with Crippen LogP contribution < -0.4 is 10.1 Å². The Bertz CT molecular complexity index is 763. The molecule has 0 aliphatic carbocycles. The Kier molecular flexibility index (Phi) is 5.07. The van der Waals surface area contributed by atoms with Gasteiger partial charge >= 0.3 is 6.03 Å². The topological polar surface area (TPSA) is 50.8 Å². The van der Waals surface area contributed by atoms with Crippen LogP contribution >= 0.6 is 0 Å². The number of fused-ring (bicyclic) bond motifs is 1. The van der Waals surface area contributed by atoms with Crippen molar-refractivity contribution in [1.82, 2.24) is 10.2 Å². The lowest BCUT2D eigenvalue weighted by Gasteiger charge is -2.33. The van der Waals surface area contributed by atoms with Gasteiger partial charge < -0.3 is 19.7 Å². The van der Waals surface area contributed by atoms with Crippen molar-refractivity contribution in [3.05, 3.63) is 65.2 Å². The van der Waals surface area contributed by atoms with E-state index in [-0.39, 0.29) is 12.1 Å². The summed E-state index contributed by atoms with van der Waals surface area (Å²) in [5, 5.41) is 3.04. The van der Waals surface area contributed by atoms with E-state index in [4.69, 9.17) is 9.47 Å². The maximum atomic E-state index is 12.6. The summed E-state index contributed by atoms with van der Waals surface area (Å²) in [6.07, 6.45) is 2.04. The number of urea groups is 1. The molecule has 5 heteroatoms. The maximum absolute atomic E-state index is 12.6. The van der Waals surface area contributed by atoms with Crippen LogP contribution in [0.1, 0.15) is 29.2 Å². The highest BCUT2D eigenvalue weighted by atomic mass is 16.5. The smallest absolute Gasteiger partial charge is 0.317 e. The van der Waals surface area contributed by atoms with Gasteiger partial charge in [-0.05, 0) is 35.6 Å². The third kappa shape index (κ3) is 3.83. The van der Waals surface area contributed by atoms with Crippen LogP contribution in [0, 0.1) is 0 Å². The second-order valence-electron chi connectivity index (χ2n) is 6.77. The summed E-state index contributed by atoms with van der Waals surface area (Å²) in [5.41, 5.74) is 3.45. The molecule has 2 aliphatic rings. The fourth-order valence-electron chi connectivity index (χ4n) is 3.52. The van der Waals surface area contributed by atoms with Gasteiger partial charge in [0.25, 0.3) is 0 Å². The van der Waals surface area contributed by atoms with E-state index in [1.165, 1.54) is 5.56 Å². The van der Waals surface area contributed by atoms with Gasteiger partial charge in [0, 0.05) is 13.1 Å². The highest BCUT2D eigenvalue weighted by Gasteiger charge is 2.25. The average molecular weight is 352 g/mol. The Morgan fingerprint density at radius 1 is 1.15 bits per heavy atom. The van der Waals surface area contributed by atoms with Crippen LogP contribution in [0.2, 0.25) is 0 Å². The highest BCUT2D eigenvalue weighted by molar-refractivity contribution is 5.74. The number of morpholine rings is 1. The van der Waals surface area contributed by atoms with Gasteiger partial charge in [-0.2, -0.15) is 0 Å². The summed E-state index contributed by atoms with van der Waals surface area (Å²) >= 11 is 0. The Morgan fingerprint density at radius 3 is 2.92 bits per heavy atom. The van der Waals surface area contributed by atoms with E-state index in [2.05, 4.69) is 11.4 Å². The van der Waals surface area contributed by atoms with Gasteiger partial charge in [-0.25, -0.2) is 4.79 Å². The third-order valence-electron chi connectivity index (χ3n) is 4.94. The molecule has 2 aromatic rings. The largest absolute Gasteiger partial charge is 0.493 e. The summed E-state index contributed by atoms with van der Waals surface area (Å²) < 4.78 is 11.5. The quantitative estimate of drug-likeness (QED) is 0.922. The summed E-state index contributed by atoms with van der Waals surface area (Å²) in [6, 6.07) is 16.2. The van der Waals surface area contributed by atoms with Crippen molar-refractivity contribution >= 4 is 6.03 Å². The summed E-state index contributed by atoms with van der Waals surface area (Å²) in [7, 11) is 0. The van der Waals surface area contributed by atoms with E-state index >= 15 is 0 Å². The predicted octanol–water partition coefficient (Wildman–Crippen LogP) is 3.29. The van der Waals surface area contributed by atoms with Crippen molar-refractivity contribution < 1.29 is 14.3 Å². The zero-order valence-electron chi connectivity index (χ0n) is 14.8. The molecule has 1 N–H and O–H groups in total. The minimum atomic E-state index is -0.0587. The number of rotatable bonds is 3. The summed E-state index contributed by atoms with van der Waals surface area (Å²) in [6.45, 7) is 3.08. The Hall–Kier alpha value is -2.53. The highest BCUT2D eigenvalue weighted by Crippen LogP contribution is 2.26. The molecule has 0 unspecified atom stereocenters. The molecule has 26 heavy (non-hydrogen) atoms. The van der Waals surface area contributed by atoms with Crippen LogP contribution in [-0.2, 0) is 17.7 Å². The molecule has 1 saturated heterocycles. The Morgan fingerprint density at radius 2 is 2.04 bits per heavy atom. The standard InChI is InChI=1S/C21H24N2O3/c24-21(22-14-16-8-9-19-18(13-16)7-4-11-25-19)23-10-12-26-20(15-23)17-5-2-1-3-6-17/h1-3,5-6,8-9,13,20H,4,7,10-12,14-15H2,(H,22,24)/t20-/m1/s1. The number of nitrogens with zero attached hydrogens (tertiary/aromatic N) is 1. The Balaban J connectivity index is 1.34. The van der Waals surface area contributed by atoms with E-state index < -0.39 is 0 Å². The first-order chi connectivity index (χ1) is 12.8. The number of hydrogen-bond donors (Lipinski definition) is 1. The van der Waals surface area contributed by atoms with Crippen LogP contribution in [0.25, 0.3) is 0 Å². The first-order valence-corrected chi connectivity index (χ1v) is 9.23. The molecule has 136 valence electrons. The van der Waals surface area contributed by atoms with Gasteiger partial charge in [-0.1, -0.05) is 42.5 Å². The van der Waals surface area contributed by atoms with Gasteiger partial charge in [0.15, 0.2) is 0 Å². The lowest BCUT2D eigenvalue weighted by atomic mass is 10.0. The molecule has 5 nitrogen and oxygen atoms in total. The molecule has 1 atom stereocenters. The predicted molar refractivity (Wildman–Crippen MR) is 99.2 cm³/mol. The molecule has 1 fully saturated rings. The molecular formula is C21H24N2O3. The van der Waals surface area contributed by atoms with Crippen molar-refractivity contribution in [3.8, 4) is 5.75 Å². The molecule has 0 saturated carbocycles. The van der Waals surface area contributed by atoms with Crippen molar-refractivity contribution in [3.63, 3.8) is 0 Å². The first-order valence-electron chi connectivity index (χ1n) is 9.23. The molecule has 0 aromatic heterocycles. The van der Waals surface area contributed by atoms with Crippen LogP contribution in [0.15, 0.2) is 48.5 Å². The summed E-state index contributed by atoms with van der Waals surface area (Å²) in [4.78, 5) is 14.4. The molecule has 2 amide bonds. The number of amides is 2. The lowest BCUT2D eigenvalue weighted by molar-refractivity contribution is -0.0154. The minimum absolute atomic E-state index is 0.0387. The van der Waals surface area contributed by atoms with Crippen LogP contribution in [-0.4, -0.2) is 37.2 Å². The van der Waals surface area contributed by atoms with Gasteiger partial charge in [0.05, 0.1) is 19.8 Å². The second kappa shape index (κ2) is 7.79. The number of carbonyl (C=O) groups is 1. The molecule has 0 spiro atoms. The summed E-state index contributed by atoms with van der Waals surface area (Å²) in [5.74, 6) is 0.977. The van der Waals surface area contributed by atoms with E-state index in [1.54, 1.807) is 0 Å². The van der Waals surface area contributed by atoms with Crippen molar-refractivity contribution in [2.24, 2.45) is 0 Å². The van der Waals surface area contributed by atoms with Crippen molar-refractivity contribution in [2.75, 3.05) is 26.3 Å². The zero-order valence-corrected chi connectivity index (χ0v) is 14.8. The van der Waals surface area contributed by atoms with Crippen molar-refractivity contribution in [2.45, 2.75) is 25.5 Å². The van der Waals surface area contributed by atoms with Crippen LogP contribution in [0.5, 0.6) is 5.75 Å². The lowest BCUT2D eigenvalue weighted by Crippen LogP contribution is -2.46. The first kappa shape index (κ1) is 16.9. The zero-order chi connectivity index (χ0) is 17.8. The monoisotopic (exact) mass is 352 g/mol. The van der Waals surface area contributed by atoms with E-state index in [0.29, 0.717) is 26.2 Å². The molecule has 4 rings (SSSR count). The number of carbonyl (C=O) groups excluding carboxylic acids is 1. The van der Waals surface area contributed by atoms with Gasteiger partial charge in [0.2, 0.25) is 0 Å². The van der Waals surface area contributed by atoms with E-state index in [9.17, 15) is 4.79 Å². The molecular weight excluding hydrogens is 328 g/mol. The molecule has 2 aliphatic heterocycles. The third-order valence-corrected chi connectivity index (χ3v) is 4.94. The normalized spacial score (nSPS) is 19.4. The van der Waals surface area contributed by atoms with Gasteiger partial charge in [-0.15, -0.1) is 0 Å². The number of hydrogen-bond acceptors (Lipinski definition) is 3. The number of benzene rings is 2. The molecule has 0 bridgehead atoms. The Labute approximate surface area is 153 Å². The van der Waals surface area contributed by atoms with E-state index in [0.717, 1.165) is 36.3 Å². The van der Waals surface area contributed by atoms with E-state index in [1.807, 2.05) is 47.4 Å². The number of nitrogens with one attached hydrogen (secondary N) is 1. The van der Waals surface area contributed by atoms with Crippen molar-refractivity contribution in [1.29, 1.82) is 0 Å². The molecule has 0 radical (unpaired) electrons. The van der Waals surface area contributed by atoms with Crippen LogP contribution in [0.3, 0.4) is 0 Å². The van der Waals surface area contributed by atoms with Gasteiger partial charge in [-0.3, -0.25) is 0 Å². The number of aryl methyl sites for hydroxylation is 1. The minimum Gasteiger partial charge on any atom is -0.493 e. The average Bonchev–Trinajstić information content (AvgIpc) is 2.72. The molecule has 2 heterocycles. The van der Waals surface area contributed by atoms with Gasteiger partial charge in [0.1, 0.15) is 11.9 Å². The maximum Gasteiger partial charge on any atom is 0.317 e. The number of ether oxygens (including phenoxy) is 2. The molecule has 2 aromatic carbocycles. The SMILES string of the molecule is O=C(NCc1ccc2c(c1)CCCO2)N1CCO[C@@H](c2ccccc2)C1. The fourth-order valence-corrected chi connectivity index (χ4v) is 3.52. The fraction of sp³-hybridized carbons (Fsp3) is 0.381.